The Morgan fingerprint density at radius 3 is 2.10 bits per heavy atom. The second kappa shape index (κ2) is 7.20. The molecule has 0 radical (unpaired) electrons. The van der Waals surface area contributed by atoms with Crippen molar-refractivity contribution in [2.45, 2.75) is 57.6 Å². The van der Waals surface area contributed by atoms with Crippen LogP contribution in [0.5, 0.6) is 0 Å². The zero-order valence-corrected chi connectivity index (χ0v) is 13.4. The molecular weight excluding hydrogens is 274 g/mol. The second-order valence-electron chi connectivity index (χ2n) is 5.85. The SMILES string of the molecule is CC(C)Cc1ccc(S(=O)(=O)NC(C)CC(C)O)cc1. The van der Waals surface area contributed by atoms with Gasteiger partial charge >= 0.3 is 0 Å². The quantitative estimate of drug-likeness (QED) is 0.812. The first-order valence-electron chi connectivity index (χ1n) is 7.00. The van der Waals surface area contributed by atoms with Gasteiger partial charge in [-0.1, -0.05) is 26.0 Å². The van der Waals surface area contributed by atoms with E-state index in [1.54, 1.807) is 26.0 Å². The second-order valence-corrected chi connectivity index (χ2v) is 7.56. The largest absolute Gasteiger partial charge is 0.393 e. The van der Waals surface area contributed by atoms with E-state index >= 15 is 0 Å². The summed E-state index contributed by atoms with van der Waals surface area (Å²) in [6.07, 6.45) is 0.803. The van der Waals surface area contributed by atoms with Gasteiger partial charge in [0.1, 0.15) is 0 Å². The predicted molar refractivity (Wildman–Crippen MR) is 81.1 cm³/mol. The minimum Gasteiger partial charge on any atom is -0.393 e. The lowest BCUT2D eigenvalue weighted by Gasteiger charge is -2.16. The van der Waals surface area contributed by atoms with Crippen LogP contribution < -0.4 is 4.72 Å². The molecule has 2 N–H and O–H groups in total. The minimum absolute atomic E-state index is 0.266. The van der Waals surface area contributed by atoms with E-state index in [1.165, 1.54) is 0 Å². The van der Waals surface area contributed by atoms with Crippen molar-refractivity contribution in [2.75, 3.05) is 0 Å². The molecule has 2 unspecified atom stereocenters. The summed E-state index contributed by atoms with van der Waals surface area (Å²) in [7, 11) is -3.51. The van der Waals surface area contributed by atoms with E-state index in [0.717, 1.165) is 12.0 Å². The molecule has 1 aromatic rings. The summed E-state index contributed by atoms with van der Waals surface area (Å²) in [5.74, 6) is 0.543. The Morgan fingerprint density at radius 1 is 1.10 bits per heavy atom. The van der Waals surface area contributed by atoms with Gasteiger partial charge in [0.05, 0.1) is 11.0 Å². The first-order valence-corrected chi connectivity index (χ1v) is 8.48. The standard InChI is InChI=1S/C15H25NO3S/c1-11(2)9-14-5-7-15(8-6-14)20(18,19)16-12(3)10-13(4)17/h5-8,11-13,16-17H,9-10H2,1-4H3. The van der Waals surface area contributed by atoms with E-state index in [-0.39, 0.29) is 10.9 Å². The minimum atomic E-state index is -3.51. The van der Waals surface area contributed by atoms with Crippen LogP contribution in [0.15, 0.2) is 29.2 Å². The fourth-order valence-electron chi connectivity index (χ4n) is 2.17. The summed E-state index contributed by atoms with van der Waals surface area (Å²) < 4.78 is 26.9. The molecule has 0 amide bonds. The number of rotatable bonds is 7. The third-order valence-corrected chi connectivity index (χ3v) is 4.53. The summed E-state index contributed by atoms with van der Waals surface area (Å²) in [4.78, 5) is 0.266. The van der Waals surface area contributed by atoms with Crippen molar-refractivity contribution in [2.24, 2.45) is 5.92 Å². The van der Waals surface area contributed by atoms with Crippen molar-refractivity contribution in [1.82, 2.24) is 4.72 Å². The Morgan fingerprint density at radius 2 is 1.65 bits per heavy atom. The van der Waals surface area contributed by atoms with Crippen LogP contribution in [0.4, 0.5) is 0 Å². The van der Waals surface area contributed by atoms with E-state index in [0.29, 0.717) is 12.3 Å². The van der Waals surface area contributed by atoms with Crippen LogP contribution in [0.3, 0.4) is 0 Å². The van der Waals surface area contributed by atoms with Gasteiger partial charge in [-0.15, -0.1) is 0 Å². The highest BCUT2D eigenvalue weighted by atomic mass is 32.2. The van der Waals surface area contributed by atoms with Crippen LogP contribution in [-0.4, -0.2) is 25.7 Å². The number of aliphatic hydroxyl groups excluding tert-OH is 1. The average Bonchev–Trinajstić information content (AvgIpc) is 2.26. The Bertz CT molecular complexity index is 506. The van der Waals surface area contributed by atoms with Gasteiger partial charge in [-0.3, -0.25) is 0 Å². The summed E-state index contributed by atoms with van der Waals surface area (Å²) in [5.41, 5.74) is 1.14. The average molecular weight is 299 g/mol. The van der Waals surface area contributed by atoms with Crippen molar-refractivity contribution in [1.29, 1.82) is 0 Å². The molecule has 2 atom stereocenters. The molecular formula is C15H25NO3S. The lowest BCUT2D eigenvalue weighted by Crippen LogP contribution is -2.34. The van der Waals surface area contributed by atoms with Gasteiger partial charge in [0.15, 0.2) is 0 Å². The smallest absolute Gasteiger partial charge is 0.240 e. The molecule has 0 heterocycles. The van der Waals surface area contributed by atoms with E-state index in [2.05, 4.69) is 18.6 Å². The van der Waals surface area contributed by atoms with Crippen molar-refractivity contribution >= 4 is 10.0 Å². The molecule has 1 aromatic carbocycles. The van der Waals surface area contributed by atoms with E-state index in [9.17, 15) is 13.5 Å². The molecule has 20 heavy (non-hydrogen) atoms. The van der Waals surface area contributed by atoms with Crippen LogP contribution >= 0.6 is 0 Å². The zero-order valence-electron chi connectivity index (χ0n) is 12.6. The van der Waals surface area contributed by atoms with Gasteiger partial charge in [0, 0.05) is 6.04 Å². The van der Waals surface area contributed by atoms with E-state index < -0.39 is 16.1 Å². The summed E-state index contributed by atoms with van der Waals surface area (Å²) in [6.45, 7) is 7.65. The maximum atomic E-state index is 12.2. The number of benzene rings is 1. The maximum Gasteiger partial charge on any atom is 0.240 e. The number of hydrogen-bond acceptors (Lipinski definition) is 3. The zero-order chi connectivity index (χ0) is 15.3. The van der Waals surface area contributed by atoms with Gasteiger partial charge in [0.25, 0.3) is 0 Å². The van der Waals surface area contributed by atoms with Crippen LogP contribution in [-0.2, 0) is 16.4 Å². The molecule has 0 aromatic heterocycles. The number of sulfonamides is 1. The van der Waals surface area contributed by atoms with Crippen LogP contribution in [0, 0.1) is 5.92 Å². The van der Waals surface area contributed by atoms with Crippen LogP contribution in [0.25, 0.3) is 0 Å². The normalized spacial score (nSPS) is 15.3. The first kappa shape index (κ1) is 17.1. The Balaban J connectivity index is 2.77. The third kappa shape index (κ3) is 5.61. The van der Waals surface area contributed by atoms with Gasteiger partial charge in [-0.2, -0.15) is 0 Å². The Kier molecular flexibility index (Phi) is 6.17. The van der Waals surface area contributed by atoms with Gasteiger partial charge in [0.2, 0.25) is 10.0 Å². The third-order valence-electron chi connectivity index (χ3n) is 2.93. The molecule has 0 aliphatic heterocycles. The van der Waals surface area contributed by atoms with Gasteiger partial charge in [-0.25, -0.2) is 13.1 Å². The van der Waals surface area contributed by atoms with Crippen LogP contribution in [0.1, 0.15) is 39.7 Å². The Hall–Kier alpha value is -0.910. The van der Waals surface area contributed by atoms with Crippen molar-refractivity contribution < 1.29 is 13.5 Å². The van der Waals surface area contributed by atoms with Crippen LogP contribution in [0.2, 0.25) is 0 Å². The molecule has 5 heteroatoms. The Labute approximate surface area is 122 Å². The molecule has 0 aliphatic rings. The van der Waals surface area contributed by atoms with Gasteiger partial charge in [-0.05, 0) is 50.3 Å². The summed E-state index contributed by atoms with van der Waals surface area (Å²) >= 11 is 0. The summed E-state index contributed by atoms with van der Waals surface area (Å²) in [5, 5.41) is 9.28. The molecule has 4 nitrogen and oxygen atoms in total. The number of aliphatic hydroxyl groups is 1. The lowest BCUT2D eigenvalue weighted by atomic mass is 10.0. The molecule has 114 valence electrons. The molecule has 0 aliphatic carbocycles. The van der Waals surface area contributed by atoms with E-state index in [4.69, 9.17) is 0 Å². The molecule has 0 saturated carbocycles. The highest BCUT2D eigenvalue weighted by Crippen LogP contribution is 2.14. The molecule has 0 fully saturated rings. The predicted octanol–water partition coefficient (Wildman–Crippen LogP) is 2.32. The molecule has 0 saturated heterocycles. The van der Waals surface area contributed by atoms with E-state index in [1.807, 2.05) is 12.1 Å². The highest BCUT2D eigenvalue weighted by Gasteiger charge is 2.18. The van der Waals surface area contributed by atoms with Crippen molar-refractivity contribution in [3.05, 3.63) is 29.8 Å². The number of hydrogen-bond donors (Lipinski definition) is 2. The molecule has 0 bridgehead atoms. The van der Waals surface area contributed by atoms with Crippen molar-refractivity contribution in [3.63, 3.8) is 0 Å². The fraction of sp³-hybridized carbons (Fsp3) is 0.600. The maximum absolute atomic E-state index is 12.2. The van der Waals surface area contributed by atoms with Gasteiger partial charge < -0.3 is 5.11 Å². The highest BCUT2D eigenvalue weighted by molar-refractivity contribution is 7.89. The molecule has 0 spiro atoms. The topological polar surface area (TPSA) is 66.4 Å². The summed E-state index contributed by atoms with van der Waals surface area (Å²) in [6, 6.07) is 6.68. The van der Waals surface area contributed by atoms with Crippen molar-refractivity contribution in [3.8, 4) is 0 Å². The lowest BCUT2D eigenvalue weighted by molar-refractivity contribution is 0.175. The first-order chi connectivity index (χ1) is 9.20. The number of nitrogens with one attached hydrogen (secondary N) is 1. The monoisotopic (exact) mass is 299 g/mol. The molecule has 1 rings (SSSR count). The fourth-order valence-corrected chi connectivity index (χ4v) is 3.43.